The fraction of sp³-hybridized carbons (Fsp3) is 0.167. The third-order valence-electron chi connectivity index (χ3n) is 4.11. The van der Waals surface area contributed by atoms with Gasteiger partial charge in [0.05, 0.1) is 47.2 Å². The van der Waals surface area contributed by atoms with Crippen LogP contribution in [-0.2, 0) is 17.2 Å². The first-order valence-electron chi connectivity index (χ1n) is 7.76. The summed E-state index contributed by atoms with van der Waals surface area (Å²) in [5, 5.41) is 0. The summed E-state index contributed by atoms with van der Waals surface area (Å²) in [4.78, 5) is 24.3. The van der Waals surface area contributed by atoms with Crippen LogP contribution in [0.2, 0.25) is 0 Å². The number of methoxy groups -OCH3 is 1. The minimum atomic E-state index is -0.384. The summed E-state index contributed by atoms with van der Waals surface area (Å²) in [6.07, 6.45) is 0. The molecular formula is C18H15ClN4O2. The molecule has 7 heteroatoms. The van der Waals surface area contributed by atoms with E-state index in [4.69, 9.17) is 16.3 Å². The number of aromatic amines is 1. The zero-order valence-corrected chi connectivity index (χ0v) is 14.2. The molecule has 0 saturated heterocycles. The van der Waals surface area contributed by atoms with E-state index >= 15 is 0 Å². The van der Waals surface area contributed by atoms with Crippen LogP contribution in [0.4, 0.5) is 0 Å². The number of para-hydroxylation sites is 2. The van der Waals surface area contributed by atoms with Crippen molar-refractivity contribution in [2.75, 3.05) is 7.11 Å². The topological polar surface area (TPSA) is 72.8 Å². The summed E-state index contributed by atoms with van der Waals surface area (Å²) < 4.78 is 6.77. The molecule has 0 bridgehead atoms. The Kier molecular flexibility index (Phi) is 3.89. The molecule has 2 aromatic carbocycles. The van der Waals surface area contributed by atoms with Crippen LogP contribution in [0.1, 0.15) is 22.0 Å². The molecule has 4 aromatic rings. The van der Waals surface area contributed by atoms with Crippen molar-refractivity contribution in [3.05, 3.63) is 59.7 Å². The van der Waals surface area contributed by atoms with E-state index in [0.29, 0.717) is 12.1 Å². The highest BCUT2D eigenvalue weighted by Gasteiger charge is 2.15. The zero-order chi connectivity index (χ0) is 17.4. The summed E-state index contributed by atoms with van der Waals surface area (Å²) in [6.45, 7) is 0.484. The molecule has 0 radical (unpaired) electrons. The number of nitrogens with one attached hydrogen (secondary N) is 1. The molecule has 0 aliphatic rings. The second-order valence-corrected chi connectivity index (χ2v) is 5.91. The van der Waals surface area contributed by atoms with Crippen LogP contribution in [0, 0.1) is 0 Å². The molecule has 2 aromatic heterocycles. The van der Waals surface area contributed by atoms with Crippen molar-refractivity contribution in [1.82, 2.24) is 19.5 Å². The average molecular weight is 355 g/mol. The van der Waals surface area contributed by atoms with Crippen molar-refractivity contribution in [2.24, 2.45) is 0 Å². The molecular weight excluding hydrogens is 340 g/mol. The van der Waals surface area contributed by atoms with Crippen molar-refractivity contribution in [3.63, 3.8) is 0 Å². The number of imidazole rings is 2. The smallest absolute Gasteiger partial charge is 0.337 e. The molecule has 0 saturated carbocycles. The number of nitrogens with zero attached hydrogens (tertiary/aromatic N) is 3. The zero-order valence-electron chi connectivity index (χ0n) is 13.5. The van der Waals surface area contributed by atoms with E-state index in [0.717, 1.165) is 33.7 Å². The lowest BCUT2D eigenvalue weighted by atomic mass is 10.2. The van der Waals surface area contributed by atoms with Gasteiger partial charge in [-0.25, -0.2) is 14.8 Å². The predicted octanol–water partition coefficient (Wildman–Crippen LogP) is 3.49. The van der Waals surface area contributed by atoms with Crippen LogP contribution in [0.25, 0.3) is 22.1 Å². The van der Waals surface area contributed by atoms with Gasteiger partial charge in [-0.1, -0.05) is 12.1 Å². The molecule has 0 fully saturated rings. The maximum absolute atomic E-state index is 11.8. The fourth-order valence-electron chi connectivity index (χ4n) is 2.93. The average Bonchev–Trinajstić information content (AvgIpc) is 3.21. The summed E-state index contributed by atoms with van der Waals surface area (Å²) in [5.74, 6) is 1.41. The number of fused-ring (bicyclic) bond motifs is 2. The van der Waals surface area contributed by atoms with Gasteiger partial charge in [0.2, 0.25) is 0 Å². The van der Waals surface area contributed by atoms with Crippen molar-refractivity contribution in [3.8, 4) is 0 Å². The molecule has 0 aliphatic heterocycles. The van der Waals surface area contributed by atoms with Crippen LogP contribution < -0.4 is 0 Å². The quantitative estimate of drug-likeness (QED) is 0.450. The molecule has 126 valence electrons. The highest BCUT2D eigenvalue weighted by Crippen LogP contribution is 2.21. The van der Waals surface area contributed by atoms with Crippen LogP contribution in [0.15, 0.2) is 42.5 Å². The fourth-order valence-corrected chi connectivity index (χ4v) is 3.13. The van der Waals surface area contributed by atoms with E-state index in [2.05, 4.69) is 15.0 Å². The van der Waals surface area contributed by atoms with Gasteiger partial charge >= 0.3 is 5.97 Å². The lowest BCUT2D eigenvalue weighted by Gasteiger charge is -2.06. The first-order valence-corrected chi connectivity index (χ1v) is 8.30. The van der Waals surface area contributed by atoms with E-state index in [9.17, 15) is 4.79 Å². The Hall–Kier alpha value is -2.86. The molecule has 0 spiro atoms. The Balaban J connectivity index is 1.82. The number of hydrogen-bond donors (Lipinski definition) is 1. The maximum Gasteiger partial charge on any atom is 0.337 e. The lowest BCUT2D eigenvalue weighted by molar-refractivity contribution is 0.0601. The molecule has 25 heavy (non-hydrogen) atoms. The number of hydrogen-bond acceptors (Lipinski definition) is 4. The maximum atomic E-state index is 11.8. The van der Waals surface area contributed by atoms with E-state index in [1.807, 2.05) is 28.8 Å². The number of rotatable bonds is 4. The predicted molar refractivity (Wildman–Crippen MR) is 95.8 cm³/mol. The van der Waals surface area contributed by atoms with Gasteiger partial charge in [0.1, 0.15) is 11.6 Å². The van der Waals surface area contributed by atoms with Crippen molar-refractivity contribution < 1.29 is 9.53 Å². The van der Waals surface area contributed by atoms with Gasteiger partial charge < -0.3 is 14.3 Å². The van der Waals surface area contributed by atoms with Gasteiger partial charge in [-0.2, -0.15) is 0 Å². The number of aromatic nitrogens is 4. The summed E-state index contributed by atoms with van der Waals surface area (Å²) in [5.41, 5.74) is 3.95. The molecule has 1 N–H and O–H groups in total. The number of benzene rings is 2. The Morgan fingerprint density at radius 1 is 1.20 bits per heavy atom. The van der Waals surface area contributed by atoms with E-state index in [1.54, 1.807) is 18.2 Å². The molecule has 4 rings (SSSR count). The van der Waals surface area contributed by atoms with Crippen LogP contribution in [-0.4, -0.2) is 32.6 Å². The highest BCUT2D eigenvalue weighted by molar-refractivity contribution is 6.16. The Morgan fingerprint density at radius 3 is 2.80 bits per heavy atom. The van der Waals surface area contributed by atoms with Gasteiger partial charge in [0, 0.05) is 0 Å². The number of carbonyl (C=O) groups excluding carboxylic acids is 1. The van der Waals surface area contributed by atoms with Gasteiger partial charge in [0.25, 0.3) is 0 Å². The van der Waals surface area contributed by atoms with Crippen molar-refractivity contribution in [1.29, 1.82) is 0 Å². The Morgan fingerprint density at radius 2 is 2.04 bits per heavy atom. The van der Waals surface area contributed by atoms with Crippen molar-refractivity contribution in [2.45, 2.75) is 12.4 Å². The Bertz CT molecular complexity index is 1050. The molecule has 0 unspecified atom stereocenters. The van der Waals surface area contributed by atoms with E-state index in [1.165, 1.54) is 7.11 Å². The van der Waals surface area contributed by atoms with Gasteiger partial charge in [0.15, 0.2) is 0 Å². The lowest BCUT2D eigenvalue weighted by Crippen LogP contribution is -2.06. The molecule has 6 nitrogen and oxygen atoms in total. The summed E-state index contributed by atoms with van der Waals surface area (Å²) in [7, 11) is 1.36. The molecule has 0 aliphatic carbocycles. The molecule has 2 heterocycles. The number of ether oxygens (including phenoxy) is 1. The summed E-state index contributed by atoms with van der Waals surface area (Å²) in [6, 6.07) is 13.1. The molecule has 0 atom stereocenters. The highest BCUT2D eigenvalue weighted by atomic mass is 35.5. The monoisotopic (exact) mass is 354 g/mol. The second kappa shape index (κ2) is 6.22. The number of esters is 1. The van der Waals surface area contributed by atoms with E-state index < -0.39 is 0 Å². The van der Waals surface area contributed by atoms with E-state index in [-0.39, 0.29) is 11.8 Å². The van der Waals surface area contributed by atoms with Gasteiger partial charge in [-0.05, 0) is 30.3 Å². The number of H-pyrrole nitrogens is 1. The van der Waals surface area contributed by atoms with Crippen LogP contribution in [0.5, 0.6) is 0 Å². The first kappa shape index (κ1) is 15.7. The standard InChI is InChI=1S/C18H15ClN4O2/c1-25-18(24)11-6-7-14-15(8-11)23(17(9-19)22-14)10-16-20-12-4-2-3-5-13(12)21-16/h2-8H,9-10H2,1H3,(H,20,21). The normalized spacial score (nSPS) is 11.3. The minimum absolute atomic E-state index is 0.266. The third-order valence-corrected chi connectivity index (χ3v) is 4.35. The summed E-state index contributed by atoms with van der Waals surface area (Å²) >= 11 is 6.07. The van der Waals surface area contributed by atoms with Crippen LogP contribution in [0.3, 0.4) is 0 Å². The number of carbonyl (C=O) groups is 1. The third kappa shape index (κ3) is 2.74. The first-order chi connectivity index (χ1) is 12.2. The van der Waals surface area contributed by atoms with Crippen LogP contribution >= 0.6 is 11.6 Å². The van der Waals surface area contributed by atoms with Crippen molar-refractivity contribution >= 4 is 39.6 Å². The largest absolute Gasteiger partial charge is 0.465 e. The van der Waals surface area contributed by atoms with Gasteiger partial charge in [-0.3, -0.25) is 0 Å². The number of halogens is 1. The minimum Gasteiger partial charge on any atom is -0.465 e. The molecule has 0 amide bonds. The number of alkyl halides is 1. The SMILES string of the molecule is COC(=O)c1ccc2nc(CCl)n(Cc3nc4ccccc4[nH]3)c2c1. The Labute approximate surface area is 148 Å². The van der Waals surface area contributed by atoms with Gasteiger partial charge in [-0.15, -0.1) is 11.6 Å². The second-order valence-electron chi connectivity index (χ2n) is 5.64.